The van der Waals surface area contributed by atoms with E-state index in [0.29, 0.717) is 6.54 Å². The molecule has 2 aromatic carbocycles. The summed E-state index contributed by atoms with van der Waals surface area (Å²) >= 11 is 0. The van der Waals surface area contributed by atoms with Gasteiger partial charge in [0.1, 0.15) is 12.7 Å². The number of hydrogen-bond acceptors (Lipinski definition) is 4. The Kier molecular flexibility index (Phi) is 3.42. The van der Waals surface area contributed by atoms with Crippen molar-refractivity contribution in [2.75, 3.05) is 11.5 Å². The average Bonchev–Trinajstić information content (AvgIpc) is 3.26. The molecule has 0 aliphatic carbocycles. The van der Waals surface area contributed by atoms with Crippen molar-refractivity contribution in [2.45, 2.75) is 13.0 Å². The SMILES string of the molecule is Nc1ccc(N)c(-c2cccc3cc[nH]c23)c1CCn1cncn1. The molecular weight excluding hydrogens is 300 g/mol. The minimum atomic E-state index is 0.696. The molecule has 0 bridgehead atoms. The lowest BCUT2D eigenvalue weighted by Crippen LogP contribution is -2.07. The molecule has 0 unspecified atom stereocenters. The molecule has 0 aliphatic heterocycles. The van der Waals surface area contributed by atoms with Crippen molar-refractivity contribution < 1.29 is 0 Å². The molecule has 2 aromatic heterocycles. The van der Waals surface area contributed by atoms with E-state index in [2.05, 4.69) is 33.3 Å². The fourth-order valence-electron chi connectivity index (χ4n) is 3.14. The number of nitrogens with zero attached hydrogens (tertiary/aromatic N) is 3. The fourth-order valence-corrected chi connectivity index (χ4v) is 3.14. The van der Waals surface area contributed by atoms with Crippen LogP contribution >= 0.6 is 0 Å². The van der Waals surface area contributed by atoms with E-state index in [-0.39, 0.29) is 0 Å². The monoisotopic (exact) mass is 318 g/mol. The van der Waals surface area contributed by atoms with Crippen LogP contribution in [0.2, 0.25) is 0 Å². The molecule has 0 spiro atoms. The predicted molar refractivity (Wildman–Crippen MR) is 96.3 cm³/mol. The van der Waals surface area contributed by atoms with Crippen LogP contribution in [0, 0.1) is 0 Å². The summed E-state index contributed by atoms with van der Waals surface area (Å²) in [4.78, 5) is 7.29. The first kappa shape index (κ1) is 14.3. The topological polar surface area (TPSA) is 98.5 Å². The van der Waals surface area contributed by atoms with E-state index in [0.717, 1.165) is 45.4 Å². The lowest BCUT2D eigenvalue weighted by Gasteiger charge is -2.16. The standard InChI is InChI=1S/C18H18N6/c19-15-4-5-16(20)17(13(15)7-9-24-11-21-10-23-24)14-3-1-2-12-6-8-22-18(12)14/h1-6,8,10-11,22H,7,9,19-20H2. The molecule has 4 aromatic rings. The zero-order chi connectivity index (χ0) is 16.5. The molecule has 4 rings (SSSR count). The third kappa shape index (κ3) is 2.38. The molecule has 0 amide bonds. The summed E-state index contributed by atoms with van der Waals surface area (Å²) in [6.45, 7) is 0.696. The van der Waals surface area contributed by atoms with Crippen LogP contribution in [0.15, 0.2) is 55.2 Å². The Morgan fingerprint density at radius 1 is 1.04 bits per heavy atom. The first-order valence-electron chi connectivity index (χ1n) is 7.80. The van der Waals surface area contributed by atoms with Gasteiger partial charge >= 0.3 is 0 Å². The number of aromatic nitrogens is 4. The summed E-state index contributed by atoms with van der Waals surface area (Å²) in [5.74, 6) is 0. The van der Waals surface area contributed by atoms with E-state index < -0.39 is 0 Å². The van der Waals surface area contributed by atoms with Gasteiger partial charge in [0.2, 0.25) is 0 Å². The lowest BCUT2D eigenvalue weighted by atomic mass is 9.93. The zero-order valence-corrected chi connectivity index (χ0v) is 13.1. The number of aromatic amines is 1. The summed E-state index contributed by atoms with van der Waals surface area (Å²) in [6.07, 6.45) is 5.90. The average molecular weight is 318 g/mol. The van der Waals surface area contributed by atoms with E-state index in [9.17, 15) is 0 Å². The van der Waals surface area contributed by atoms with Crippen LogP contribution in [0.5, 0.6) is 0 Å². The molecule has 120 valence electrons. The second kappa shape index (κ2) is 5.73. The number of hydrogen-bond donors (Lipinski definition) is 3. The fraction of sp³-hybridized carbons (Fsp3) is 0.111. The molecular formula is C18H18N6. The first-order valence-corrected chi connectivity index (χ1v) is 7.80. The Balaban J connectivity index is 1.85. The predicted octanol–water partition coefficient (Wildman–Crippen LogP) is 2.83. The van der Waals surface area contributed by atoms with Gasteiger partial charge in [-0.2, -0.15) is 5.10 Å². The largest absolute Gasteiger partial charge is 0.398 e. The molecule has 0 saturated heterocycles. The van der Waals surface area contributed by atoms with Crippen LogP contribution in [-0.4, -0.2) is 19.7 Å². The van der Waals surface area contributed by atoms with Gasteiger partial charge in [-0.3, -0.25) is 4.68 Å². The molecule has 0 aliphatic rings. The van der Waals surface area contributed by atoms with Crippen molar-refractivity contribution in [3.8, 4) is 11.1 Å². The Labute approximate surface area is 139 Å². The second-order valence-electron chi connectivity index (χ2n) is 5.75. The maximum Gasteiger partial charge on any atom is 0.137 e. The minimum absolute atomic E-state index is 0.696. The summed E-state index contributed by atoms with van der Waals surface area (Å²) in [5, 5.41) is 5.30. The molecule has 5 N–H and O–H groups in total. The van der Waals surface area contributed by atoms with Crippen LogP contribution in [0.25, 0.3) is 22.0 Å². The quantitative estimate of drug-likeness (QED) is 0.504. The third-order valence-corrected chi connectivity index (χ3v) is 4.30. The van der Waals surface area contributed by atoms with Crippen molar-refractivity contribution in [2.24, 2.45) is 0 Å². The van der Waals surface area contributed by atoms with Gasteiger partial charge in [0.15, 0.2) is 0 Å². The van der Waals surface area contributed by atoms with Crippen molar-refractivity contribution in [1.82, 2.24) is 19.7 Å². The summed E-state index contributed by atoms with van der Waals surface area (Å²) in [5.41, 5.74) is 18.2. The number of nitrogen functional groups attached to an aromatic ring is 2. The highest BCUT2D eigenvalue weighted by molar-refractivity contribution is 5.99. The van der Waals surface area contributed by atoms with Crippen molar-refractivity contribution in [3.63, 3.8) is 0 Å². The third-order valence-electron chi connectivity index (χ3n) is 4.30. The Morgan fingerprint density at radius 2 is 1.92 bits per heavy atom. The number of anilines is 2. The second-order valence-corrected chi connectivity index (χ2v) is 5.75. The molecule has 0 saturated carbocycles. The van der Waals surface area contributed by atoms with Gasteiger partial charge in [-0.25, -0.2) is 4.98 Å². The van der Waals surface area contributed by atoms with Gasteiger partial charge in [-0.05, 0) is 35.6 Å². The van der Waals surface area contributed by atoms with Gasteiger partial charge < -0.3 is 16.5 Å². The number of fused-ring (bicyclic) bond motifs is 1. The van der Waals surface area contributed by atoms with E-state index in [1.54, 1.807) is 11.0 Å². The van der Waals surface area contributed by atoms with Crippen LogP contribution in [0.4, 0.5) is 11.4 Å². The van der Waals surface area contributed by atoms with E-state index in [4.69, 9.17) is 11.5 Å². The van der Waals surface area contributed by atoms with Crippen molar-refractivity contribution in [3.05, 3.63) is 60.8 Å². The molecule has 0 fully saturated rings. The van der Waals surface area contributed by atoms with Gasteiger partial charge in [-0.15, -0.1) is 0 Å². The molecule has 0 radical (unpaired) electrons. The molecule has 0 atom stereocenters. The highest BCUT2D eigenvalue weighted by atomic mass is 15.3. The summed E-state index contributed by atoms with van der Waals surface area (Å²) < 4.78 is 1.79. The van der Waals surface area contributed by atoms with Crippen molar-refractivity contribution in [1.29, 1.82) is 0 Å². The Morgan fingerprint density at radius 3 is 2.75 bits per heavy atom. The molecule has 2 heterocycles. The Hall–Kier alpha value is -3.28. The number of para-hydroxylation sites is 1. The van der Waals surface area contributed by atoms with E-state index in [1.807, 2.05) is 24.4 Å². The molecule has 6 heteroatoms. The number of nitrogens with two attached hydrogens (primary N) is 2. The van der Waals surface area contributed by atoms with E-state index in [1.165, 1.54) is 6.33 Å². The Bertz CT molecular complexity index is 984. The number of nitrogens with one attached hydrogen (secondary N) is 1. The van der Waals surface area contributed by atoms with Gasteiger partial charge in [0, 0.05) is 35.2 Å². The molecule has 6 nitrogen and oxygen atoms in total. The maximum absolute atomic E-state index is 6.33. The smallest absolute Gasteiger partial charge is 0.137 e. The summed E-state index contributed by atoms with van der Waals surface area (Å²) in [6, 6.07) is 12.0. The molecule has 24 heavy (non-hydrogen) atoms. The lowest BCUT2D eigenvalue weighted by molar-refractivity contribution is 0.614. The van der Waals surface area contributed by atoms with Gasteiger partial charge in [0.25, 0.3) is 0 Å². The van der Waals surface area contributed by atoms with Crippen LogP contribution < -0.4 is 11.5 Å². The number of rotatable bonds is 4. The highest BCUT2D eigenvalue weighted by Crippen LogP contribution is 2.37. The van der Waals surface area contributed by atoms with Crippen LogP contribution in [0.1, 0.15) is 5.56 Å². The van der Waals surface area contributed by atoms with E-state index >= 15 is 0 Å². The van der Waals surface area contributed by atoms with Gasteiger partial charge in [-0.1, -0.05) is 18.2 Å². The minimum Gasteiger partial charge on any atom is -0.398 e. The number of H-pyrrole nitrogens is 1. The van der Waals surface area contributed by atoms with Crippen LogP contribution in [-0.2, 0) is 13.0 Å². The van der Waals surface area contributed by atoms with Crippen LogP contribution in [0.3, 0.4) is 0 Å². The highest BCUT2D eigenvalue weighted by Gasteiger charge is 2.15. The summed E-state index contributed by atoms with van der Waals surface area (Å²) in [7, 11) is 0. The maximum atomic E-state index is 6.33. The number of aryl methyl sites for hydroxylation is 1. The normalized spacial score (nSPS) is 11.2. The first-order chi connectivity index (χ1) is 11.7. The van der Waals surface area contributed by atoms with Gasteiger partial charge in [0.05, 0.1) is 5.52 Å². The number of benzene rings is 2. The zero-order valence-electron chi connectivity index (χ0n) is 13.1. The van der Waals surface area contributed by atoms with Crippen molar-refractivity contribution >= 4 is 22.3 Å².